The highest BCUT2D eigenvalue weighted by Gasteiger charge is 2.22. The van der Waals surface area contributed by atoms with Gasteiger partial charge in [-0.25, -0.2) is 4.39 Å². The fraction of sp³-hybridized carbons (Fsp3) is 0.333. The standard InChI is InChI=1S/C18H20FNO4/c19-15-5-1-2-6-16(15)22-11-13(21)9-20-10-14-12-23-17-7-3-4-8-18(17)24-14/h1-8,13-14,20-21H,9-12H2/p+1/t13-,14+/m0/s1. The molecule has 0 saturated heterocycles. The summed E-state index contributed by atoms with van der Waals surface area (Å²) >= 11 is 0. The molecule has 3 rings (SSSR count). The lowest BCUT2D eigenvalue weighted by atomic mass is 10.2. The Kier molecular flexibility index (Phi) is 5.51. The number of quaternary nitrogens is 1. The van der Waals surface area contributed by atoms with E-state index in [1.54, 1.807) is 12.1 Å². The summed E-state index contributed by atoms with van der Waals surface area (Å²) in [5.74, 6) is 1.22. The summed E-state index contributed by atoms with van der Waals surface area (Å²) in [6.45, 7) is 1.62. The number of rotatable bonds is 7. The first-order chi connectivity index (χ1) is 11.7. The summed E-state index contributed by atoms with van der Waals surface area (Å²) in [6, 6.07) is 13.7. The normalized spacial score (nSPS) is 17.3. The van der Waals surface area contributed by atoms with Crippen molar-refractivity contribution in [2.24, 2.45) is 0 Å². The maximum Gasteiger partial charge on any atom is 0.181 e. The first-order valence-corrected chi connectivity index (χ1v) is 7.98. The first-order valence-electron chi connectivity index (χ1n) is 7.98. The van der Waals surface area contributed by atoms with Crippen LogP contribution in [-0.4, -0.2) is 43.6 Å². The van der Waals surface area contributed by atoms with Crippen molar-refractivity contribution < 1.29 is 29.0 Å². The highest BCUT2D eigenvalue weighted by molar-refractivity contribution is 5.40. The van der Waals surface area contributed by atoms with E-state index in [1.807, 2.05) is 29.6 Å². The predicted octanol–water partition coefficient (Wildman–Crippen LogP) is 0.969. The van der Waals surface area contributed by atoms with Gasteiger partial charge in [0.25, 0.3) is 0 Å². The predicted molar refractivity (Wildman–Crippen MR) is 85.9 cm³/mol. The lowest BCUT2D eigenvalue weighted by Gasteiger charge is -2.25. The number of para-hydroxylation sites is 3. The fourth-order valence-corrected chi connectivity index (χ4v) is 2.47. The maximum atomic E-state index is 13.4. The van der Waals surface area contributed by atoms with Crippen LogP contribution in [0.25, 0.3) is 0 Å². The molecular formula is C18H21FNO4+. The largest absolute Gasteiger partial charge is 0.488 e. The van der Waals surface area contributed by atoms with Crippen LogP contribution in [0.5, 0.6) is 17.2 Å². The minimum absolute atomic E-state index is 0.0439. The van der Waals surface area contributed by atoms with E-state index >= 15 is 0 Å². The van der Waals surface area contributed by atoms with Gasteiger partial charge in [-0.05, 0) is 24.3 Å². The summed E-state index contributed by atoms with van der Waals surface area (Å²) in [6.07, 6.45) is -0.763. The molecule has 2 aromatic carbocycles. The molecule has 1 heterocycles. The summed E-state index contributed by atoms with van der Waals surface area (Å²) in [7, 11) is 0. The van der Waals surface area contributed by atoms with E-state index in [4.69, 9.17) is 14.2 Å². The molecule has 5 nitrogen and oxygen atoms in total. The second-order valence-electron chi connectivity index (χ2n) is 5.65. The molecule has 3 N–H and O–H groups in total. The second kappa shape index (κ2) is 7.99. The van der Waals surface area contributed by atoms with E-state index in [0.29, 0.717) is 19.7 Å². The van der Waals surface area contributed by atoms with Gasteiger partial charge in [0.15, 0.2) is 29.2 Å². The number of aliphatic hydroxyl groups excluding tert-OH is 1. The van der Waals surface area contributed by atoms with Crippen molar-refractivity contribution in [1.29, 1.82) is 0 Å². The van der Waals surface area contributed by atoms with Crippen LogP contribution in [0.4, 0.5) is 4.39 Å². The Hall–Kier alpha value is -2.31. The lowest BCUT2D eigenvalue weighted by Crippen LogP contribution is -2.89. The van der Waals surface area contributed by atoms with E-state index in [1.165, 1.54) is 12.1 Å². The van der Waals surface area contributed by atoms with Gasteiger partial charge in [0.05, 0.1) is 0 Å². The molecule has 0 unspecified atom stereocenters. The molecule has 0 amide bonds. The second-order valence-corrected chi connectivity index (χ2v) is 5.65. The van der Waals surface area contributed by atoms with Gasteiger partial charge in [-0.3, -0.25) is 0 Å². The summed E-state index contributed by atoms with van der Waals surface area (Å²) in [5, 5.41) is 11.9. The number of hydrogen-bond donors (Lipinski definition) is 2. The Morgan fingerprint density at radius 3 is 2.75 bits per heavy atom. The number of fused-ring (bicyclic) bond motifs is 1. The number of ether oxygens (including phenoxy) is 3. The molecule has 0 fully saturated rings. The van der Waals surface area contributed by atoms with Gasteiger partial charge in [0.1, 0.15) is 32.4 Å². The first kappa shape index (κ1) is 16.5. The third-order valence-corrected chi connectivity index (χ3v) is 3.70. The van der Waals surface area contributed by atoms with E-state index in [2.05, 4.69) is 0 Å². The Balaban J connectivity index is 1.37. The molecule has 0 bridgehead atoms. The zero-order valence-electron chi connectivity index (χ0n) is 13.2. The van der Waals surface area contributed by atoms with Gasteiger partial charge in [-0.15, -0.1) is 0 Å². The number of halogens is 1. The zero-order valence-corrected chi connectivity index (χ0v) is 13.2. The zero-order chi connectivity index (χ0) is 16.8. The maximum absolute atomic E-state index is 13.4. The molecule has 128 valence electrons. The average molecular weight is 334 g/mol. The number of benzene rings is 2. The van der Waals surface area contributed by atoms with Crippen molar-refractivity contribution in [2.45, 2.75) is 12.2 Å². The van der Waals surface area contributed by atoms with Crippen LogP contribution in [0, 0.1) is 5.82 Å². The highest BCUT2D eigenvalue weighted by Crippen LogP contribution is 2.30. The molecule has 0 spiro atoms. The van der Waals surface area contributed by atoms with Crippen molar-refractivity contribution >= 4 is 0 Å². The third kappa shape index (κ3) is 4.37. The van der Waals surface area contributed by atoms with E-state index in [0.717, 1.165) is 11.5 Å². The average Bonchev–Trinajstić information content (AvgIpc) is 2.61. The molecule has 0 saturated carbocycles. The lowest BCUT2D eigenvalue weighted by molar-refractivity contribution is -0.666. The minimum Gasteiger partial charge on any atom is -0.488 e. The summed E-state index contributed by atoms with van der Waals surface area (Å²) < 4.78 is 30.2. The van der Waals surface area contributed by atoms with Gasteiger partial charge in [0.2, 0.25) is 0 Å². The van der Waals surface area contributed by atoms with Gasteiger partial charge in [0, 0.05) is 0 Å². The number of nitrogens with two attached hydrogens (primary N) is 1. The van der Waals surface area contributed by atoms with Gasteiger partial charge >= 0.3 is 0 Å². The van der Waals surface area contributed by atoms with E-state index < -0.39 is 11.9 Å². The van der Waals surface area contributed by atoms with Gasteiger partial charge < -0.3 is 24.6 Å². The number of aliphatic hydroxyl groups is 1. The Bertz CT molecular complexity index is 667. The van der Waals surface area contributed by atoms with Crippen molar-refractivity contribution in [3.05, 3.63) is 54.3 Å². The van der Waals surface area contributed by atoms with Crippen LogP contribution in [-0.2, 0) is 0 Å². The van der Waals surface area contributed by atoms with Crippen LogP contribution in [0.3, 0.4) is 0 Å². The van der Waals surface area contributed by atoms with Crippen LogP contribution < -0.4 is 19.5 Å². The van der Waals surface area contributed by atoms with Gasteiger partial charge in [-0.2, -0.15) is 0 Å². The molecule has 2 aromatic rings. The molecule has 6 heteroatoms. The molecule has 24 heavy (non-hydrogen) atoms. The molecule has 0 aromatic heterocycles. The minimum atomic E-state index is -0.693. The van der Waals surface area contributed by atoms with Crippen LogP contribution in [0.15, 0.2) is 48.5 Å². The van der Waals surface area contributed by atoms with Crippen molar-refractivity contribution in [3.8, 4) is 17.2 Å². The van der Waals surface area contributed by atoms with Crippen LogP contribution >= 0.6 is 0 Å². The molecule has 2 atom stereocenters. The SMILES string of the molecule is O[C@@H](C[NH2+]C[C@@H]1COc2ccccc2O1)COc1ccccc1F. The topological polar surface area (TPSA) is 64.5 Å². The summed E-state index contributed by atoms with van der Waals surface area (Å²) in [5.41, 5.74) is 0. The fourth-order valence-electron chi connectivity index (χ4n) is 2.47. The van der Waals surface area contributed by atoms with Crippen molar-refractivity contribution in [3.63, 3.8) is 0 Å². The molecule has 1 aliphatic heterocycles. The summed E-state index contributed by atoms with van der Waals surface area (Å²) in [4.78, 5) is 0. The smallest absolute Gasteiger partial charge is 0.181 e. The van der Waals surface area contributed by atoms with E-state index in [-0.39, 0.29) is 18.5 Å². The Morgan fingerprint density at radius 2 is 1.92 bits per heavy atom. The molecule has 1 aliphatic rings. The molecule has 0 aliphatic carbocycles. The van der Waals surface area contributed by atoms with Crippen LogP contribution in [0.1, 0.15) is 0 Å². The third-order valence-electron chi connectivity index (χ3n) is 3.70. The van der Waals surface area contributed by atoms with Crippen molar-refractivity contribution in [1.82, 2.24) is 0 Å². The number of hydrogen-bond acceptors (Lipinski definition) is 4. The molecule has 0 radical (unpaired) electrons. The van der Waals surface area contributed by atoms with Crippen LogP contribution in [0.2, 0.25) is 0 Å². The molecular weight excluding hydrogens is 313 g/mol. The Labute approximate surface area is 140 Å². The van der Waals surface area contributed by atoms with Gasteiger partial charge in [-0.1, -0.05) is 24.3 Å². The van der Waals surface area contributed by atoms with E-state index in [9.17, 15) is 9.50 Å². The van der Waals surface area contributed by atoms with Crippen molar-refractivity contribution in [2.75, 3.05) is 26.3 Å². The monoisotopic (exact) mass is 334 g/mol. The quantitative estimate of drug-likeness (QED) is 0.792. The Morgan fingerprint density at radius 1 is 1.17 bits per heavy atom. The highest BCUT2D eigenvalue weighted by atomic mass is 19.1.